The number of aromatic nitrogens is 1. The second-order valence-electron chi connectivity index (χ2n) is 7.63. The Morgan fingerprint density at radius 1 is 1.10 bits per heavy atom. The van der Waals surface area contributed by atoms with Crippen molar-refractivity contribution >= 4 is 32.5 Å². The highest BCUT2D eigenvalue weighted by Gasteiger charge is 2.31. The summed E-state index contributed by atoms with van der Waals surface area (Å²) in [5.41, 5.74) is 2.52. The Hall–Kier alpha value is -1.86. The molecule has 1 aromatic heterocycles. The monoisotopic (exact) mass is 446 g/mol. The molecule has 0 N–H and O–H groups in total. The summed E-state index contributed by atoms with van der Waals surface area (Å²) in [6, 6.07) is 14.9. The van der Waals surface area contributed by atoms with Crippen molar-refractivity contribution in [2.24, 2.45) is 0 Å². The van der Waals surface area contributed by atoms with E-state index in [1.807, 2.05) is 6.92 Å². The molecule has 1 saturated heterocycles. The van der Waals surface area contributed by atoms with Crippen molar-refractivity contribution in [3.05, 3.63) is 65.3 Å². The van der Waals surface area contributed by atoms with E-state index in [9.17, 15) is 8.42 Å². The molecule has 0 spiro atoms. The number of hydrogen-bond donors (Lipinski definition) is 0. The van der Waals surface area contributed by atoms with Crippen molar-refractivity contribution in [2.75, 3.05) is 26.3 Å². The largest absolute Gasteiger partial charge is 0.380 e. The molecule has 2 heterocycles. The van der Waals surface area contributed by atoms with Crippen molar-refractivity contribution in [3.63, 3.8) is 0 Å². The number of para-hydroxylation sites is 1. The highest BCUT2D eigenvalue weighted by atomic mass is 35.5. The maximum Gasteiger partial charge on any atom is 0.243 e. The summed E-state index contributed by atoms with van der Waals surface area (Å²) in [5, 5.41) is 1.69. The molecule has 3 aromatic rings. The Bertz CT molecular complexity index is 1120. The first-order valence-electron chi connectivity index (χ1n) is 10.4. The third-order valence-electron chi connectivity index (χ3n) is 5.83. The summed E-state index contributed by atoms with van der Waals surface area (Å²) in [6.07, 6.45) is 3.84. The van der Waals surface area contributed by atoms with Crippen LogP contribution in [0.5, 0.6) is 0 Å². The molecule has 2 aromatic carbocycles. The standard InChI is InChI=1S/C23H27ClN2O3S/c1-2-29-15-14-25-17-22(21-8-3-4-9-23(21)25)18-10-12-26(13-11-18)30(27,28)20-7-5-6-19(24)16-20/h3-9,16-18H,2,10-15H2,1H3. The minimum Gasteiger partial charge on any atom is -0.380 e. The maximum absolute atomic E-state index is 13.0. The predicted molar refractivity (Wildman–Crippen MR) is 121 cm³/mol. The Morgan fingerprint density at radius 2 is 1.87 bits per heavy atom. The average Bonchev–Trinajstić information content (AvgIpc) is 3.13. The van der Waals surface area contributed by atoms with Gasteiger partial charge in [-0.05, 0) is 55.5 Å². The first-order chi connectivity index (χ1) is 14.5. The number of ether oxygens (including phenoxy) is 1. The van der Waals surface area contributed by atoms with E-state index in [2.05, 4.69) is 35.0 Å². The zero-order valence-electron chi connectivity index (χ0n) is 17.1. The van der Waals surface area contributed by atoms with Crippen molar-refractivity contribution in [1.82, 2.24) is 8.87 Å². The molecule has 7 heteroatoms. The van der Waals surface area contributed by atoms with Gasteiger partial charge in [-0.1, -0.05) is 35.9 Å². The van der Waals surface area contributed by atoms with Gasteiger partial charge < -0.3 is 9.30 Å². The Labute approximate surface area is 183 Å². The van der Waals surface area contributed by atoms with Crippen LogP contribution in [-0.4, -0.2) is 43.6 Å². The molecular weight excluding hydrogens is 420 g/mol. The van der Waals surface area contributed by atoms with E-state index in [1.165, 1.54) is 22.5 Å². The first-order valence-corrected chi connectivity index (χ1v) is 12.2. The minimum absolute atomic E-state index is 0.265. The van der Waals surface area contributed by atoms with Crippen molar-refractivity contribution in [2.45, 2.75) is 37.1 Å². The fourth-order valence-electron chi connectivity index (χ4n) is 4.28. The third-order valence-corrected chi connectivity index (χ3v) is 7.96. The predicted octanol–water partition coefficient (Wildman–Crippen LogP) is 4.90. The minimum atomic E-state index is -3.52. The van der Waals surface area contributed by atoms with E-state index in [-0.39, 0.29) is 4.90 Å². The van der Waals surface area contributed by atoms with Crippen molar-refractivity contribution in [3.8, 4) is 0 Å². The average molecular weight is 447 g/mol. The summed E-state index contributed by atoms with van der Waals surface area (Å²) < 4.78 is 35.4. The highest BCUT2D eigenvalue weighted by molar-refractivity contribution is 7.89. The molecule has 1 aliphatic rings. The van der Waals surface area contributed by atoms with E-state index in [0.29, 0.717) is 37.2 Å². The van der Waals surface area contributed by atoms with Crippen molar-refractivity contribution < 1.29 is 13.2 Å². The van der Waals surface area contributed by atoms with Crippen LogP contribution in [0.25, 0.3) is 10.9 Å². The molecular formula is C23H27ClN2O3S. The van der Waals surface area contributed by atoms with Crippen LogP contribution in [0.3, 0.4) is 0 Å². The molecule has 0 radical (unpaired) electrons. The molecule has 30 heavy (non-hydrogen) atoms. The van der Waals surface area contributed by atoms with Crippen molar-refractivity contribution in [1.29, 1.82) is 0 Å². The second kappa shape index (κ2) is 9.10. The SMILES string of the molecule is CCOCCn1cc(C2CCN(S(=O)(=O)c3cccc(Cl)c3)CC2)c2ccccc21. The molecule has 5 nitrogen and oxygen atoms in total. The van der Waals surface area contributed by atoms with Crippen LogP contribution in [0.2, 0.25) is 5.02 Å². The van der Waals surface area contributed by atoms with Gasteiger partial charge in [-0.15, -0.1) is 0 Å². The van der Waals surface area contributed by atoms with Gasteiger partial charge in [-0.3, -0.25) is 0 Å². The molecule has 0 atom stereocenters. The maximum atomic E-state index is 13.0. The quantitative estimate of drug-likeness (QED) is 0.485. The smallest absolute Gasteiger partial charge is 0.243 e. The van der Waals surface area contributed by atoms with Gasteiger partial charge in [0.05, 0.1) is 11.5 Å². The zero-order valence-corrected chi connectivity index (χ0v) is 18.7. The van der Waals surface area contributed by atoms with E-state index in [4.69, 9.17) is 16.3 Å². The lowest BCUT2D eigenvalue weighted by atomic mass is 9.90. The molecule has 0 bridgehead atoms. The van der Waals surface area contributed by atoms with Crippen LogP contribution in [0.15, 0.2) is 59.6 Å². The first kappa shape index (κ1) is 21.4. The lowest BCUT2D eigenvalue weighted by molar-refractivity contribution is 0.140. The number of rotatable bonds is 7. The third kappa shape index (κ3) is 4.28. The summed E-state index contributed by atoms with van der Waals surface area (Å²) in [7, 11) is -3.52. The molecule has 0 saturated carbocycles. The molecule has 160 valence electrons. The Kier molecular flexibility index (Phi) is 6.48. The zero-order chi connectivity index (χ0) is 21.1. The normalized spacial score (nSPS) is 16.3. The van der Waals surface area contributed by atoms with Gasteiger partial charge >= 0.3 is 0 Å². The van der Waals surface area contributed by atoms with Gasteiger partial charge in [0.25, 0.3) is 0 Å². The van der Waals surface area contributed by atoms with E-state index in [1.54, 1.807) is 22.5 Å². The number of halogens is 1. The van der Waals surface area contributed by atoms with E-state index in [0.717, 1.165) is 19.4 Å². The fourth-order valence-corrected chi connectivity index (χ4v) is 6.05. The number of benzene rings is 2. The van der Waals surface area contributed by atoms with Crippen LogP contribution in [0, 0.1) is 0 Å². The number of fused-ring (bicyclic) bond motifs is 1. The summed E-state index contributed by atoms with van der Waals surface area (Å²) in [6.45, 7) is 5.24. The number of piperidine rings is 1. The molecule has 0 amide bonds. The fraction of sp³-hybridized carbons (Fsp3) is 0.391. The van der Waals surface area contributed by atoms with E-state index < -0.39 is 10.0 Å². The van der Waals surface area contributed by atoms with Crippen LogP contribution >= 0.6 is 11.6 Å². The van der Waals surface area contributed by atoms with Crippen LogP contribution in [0.4, 0.5) is 0 Å². The molecule has 1 fully saturated rings. The molecule has 0 unspecified atom stereocenters. The van der Waals surface area contributed by atoms with Gasteiger partial charge in [-0.2, -0.15) is 4.31 Å². The number of sulfonamides is 1. The summed E-state index contributed by atoms with van der Waals surface area (Å²) >= 11 is 6.00. The van der Waals surface area contributed by atoms with Gasteiger partial charge in [-0.25, -0.2) is 8.42 Å². The molecule has 4 rings (SSSR count). The Balaban J connectivity index is 1.52. The lowest BCUT2D eigenvalue weighted by Gasteiger charge is -2.31. The van der Waals surface area contributed by atoms with Crippen LogP contribution < -0.4 is 0 Å². The van der Waals surface area contributed by atoms with Gasteiger partial charge in [0.1, 0.15) is 0 Å². The van der Waals surface area contributed by atoms with Gasteiger partial charge in [0.15, 0.2) is 0 Å². The lowest BCUT2D eigenvalue weighted by Crippen LogP contribution is -2.37. The number of hydrogen-bond acceptors (Lipinski definition) is 3. The van der Waals surface area contributed by atoms with Gasteiger partial charge in [0.2, 0.25) is 10.0 Å². The van der Waals surface area contributed by atoms with Crippen LogP contribution in [-0.2, 0) is 21.3 Å². The van der Waals surface area contributed by atoms with Gasteiger partial charge in [0, 0.05) is 48.4 Å². The second-order valence-corrected chi connectivity index (χ2v) is 10.0. The molecule has 0 aliphatic carbocycles. The topological polar surface area (TPSA) is 51.5 Å². The Morgan fingerprint density at radius 3 is 2.60 bits per heavy atom. The summed E-state index contributed by atoms with van der Waals surface area (Å²) in [5.74, 6) is 0.342. The van der Waals surface area contributed by atoms with Crippen LogP contribution in [0.1, 0.15) is 31.2 Å². The number of nitrogens with zero attached hydrogens (tertiary/aromatic N) is 2. The highest BCUT2D eigenvalue weighted by Crippen LogP contribution is 2.36. The molecule has 1 aliphatic heterocycles. The summed E-state index contributed by atoms with van der Waals surface area (Å²) in [4.78, 5) is 0.265. The van der Waals surface area contributed by atoms with E-state index >= 15 is 0 Å².